The van der Waals surface area contributed by atoms with E-state index in [0.29, 0.717) is 18.7 Å². The number of nitrogens with zero attached hydrogens (tertiary/aromatic N) is 2. The van der Waals surface area contributed by atoms with Gasteiger partial charge in [0.15, 0.2) is 5.69 Å². The number of rotatable bonds is 9. The minimum absolute atomic E-state index is 0.000482. The number of nitrogen functional groups attached to an aromatic ring is 1. The molecule has 158 valence electrons. The van der Waals surface area contributed by atoms with Gasteiger partial charge in [-0.15, -0.1) is 0 Å². The lowest BCUT2D eigenvalue weighted by molar-refractivity contribution is -0.118. The van der Waals surface area contributed by atoms with E-state index in [4.69, 9.17) is 10.2 Å². The van der Waals surface area contributed by atoms with Crippen molar-refractivity contribution in [2.24, 2.45) is 0 Å². The molecule has 3 rings (SSSR count). The summed E-state index contributed by atoms with van der Waals surface area (Å²) in [5, 5.41) is 0. The molecule has 0 unspecified atom stereocenters. The summed E-state index contributed by atoms with van der Waals surface area (Å²) in [4.78, 5) is 41.8. The third-order valence-corrected chi connectivity index (χ3v) is 4.87. The summed E-state index contributed by atoms with van der Waals surface area (Å²) in [6.07, 6.45) is 3.66. The summed E-state index contributed by atoms with van der Waals surface area (Å²) in [5.41, 5.74) is 5.83. The summed E-state index contributed by atoms with van der Waals surface area (Å²) in [6.45, 7) is 2.52. The zero-order valence-corrected chi connectivity index (χ0v) is 17.0. The van der Waals surface area contributed by atoms with Gasteiger partial charge in [0.1, 0.15) is 11.6 Å². The molecule has 0 aliphatic rings. The molecule has 0 saturated carbocycles. The van der Waals surface area contributed by atoms with Gasteiger partial charge in [-0.3, -0.25) is 19.1 Å². The molecular weight excluding hydrogens is 384 g/mol. The second-order valence-electron chi connectivity index (χ2n) is 7.04. The average Bonchev–Trinajstić information content (AvgIpc) is 3.25. The number of nitrogens with two attached hydrogens (primary N) is 1. The van der Waals surface area contributed by atoms with Gasteiger partial charge in [-0.1, -0.05) is 43.7 Å². The number of anilines is 2. The molecule has 0 radical (unpaired) electrons. The van der Waals surface area contributed by atoms with Gasteiger partial charge in [0.25, 0.3) is 5.56 Å². The molecule has 8 nitrogen and oxygen atoms in total. The van der Waals surface area contributed by atoms with E-state index in [1.807, 2.05) is 37.3 Å². The van der Waals surface area contributed by atoms with E-state index in [0.717, 1.165) is 18.4 Å². The number of H-pyrrole nitrogens is 1. The van der Waals surface area contributed by atoms with Crippen LogP contribution in [-0.4, -0.2) is 15.5 Å². The number of nitrogens with one attached hydrogen (secondary N) is 1. The van der Waals surface area contributed by atoms with Gasteiger partial charge in [-0.25, -0.2) is 4.79 Å². The Hall–Kier alpha value is -3.55. The van der Waals surface area contributed by atoms with Crippen LogP contribution in [0.4, 0.5) is 11.5 Å². The van der Waals surface area contributed by atoms with Crippen LogP contribution in [-0.2, 0) is 24.3 Å². The first-order valence-corrected chi connectivity index (χ1v) is 10.0. The van der Waals surface area contributed by atoms with Gasteiger partial charge in [0.2, 0.25) is 5.91 Å². The number of benzene rings is 1. The van der Waals surface area contributed by atoms with Gasteiger partial charge in [-0.05, 0) is 24.1 Å². The van der Waals surface area contributed by atoms with Crippen molar-refractivity contribution in [3.63, 3.8) is 0 Å². The number of carbonyl (C=O) groups is 1. The number of unbranched alkanes of at least 4 members (excludes halogenated alkanes) is 1. The molecule has 0 fully saturated rings. The van der Waals surface area contributed by atoms with Gasteiger partial charge in [0, 0.05) is 19.4 Å². The Labute approximate surface area is 173 Å². The smallest absolute Gasteiger partial charge is 0.330 e. The summed E-state index contributed by atoms with van der Waals surface area (Å²) < 4.78 is 6.62. The summed E-state index contributed by atoms with van der Waals surface area (Å²) in [5.74, 6) is 0.394. The number of carbonyl (C=O) groups excluding carboxylic acids is 1. The van der Waals surface area contributed by atoms with Gasteiger partial charge >= 0.3 is 5.69 Å². The van der Waals surface area contributed by atoms with E-state index in [1.54, 1.807) is 18.4 Å². The first-order valence-electron chi connectivity index (χ1n) is 10.0. The number of aromatic nitrogens is 2. The molecular formula is C22H26N4O4. The second-order valence-corrected chi connectivity index (χ2v) is 7.04. The quantitative estimate of drug-likeness (QED) is 0.563. The number of hydrogen-bond donors (Lipinski definition) is 2. The van der Waals surface area contributed by atoms with Crippen molar-refractivity contribution in [1.82, 2.24) is 9.55 Å². The van der Waals surface area contributed by atoms with Crippen LogP contribution in [0, 0.1) is 0 Å². The van der Waals surface area contributed by atoms with E-state index in [2.05, 4.69) is 4.98 Å². The topological polar surface area (TPSA) is 114 Å². The van der Waals surface area contributed by atoms with E-state index in [-0.39, 0.29) is 30.4 Å². The highest BCUT2D eigenvalue weighted by Crippen LogP contribution is 2.21. The molecule has 3 aromatic rings. The van der Waals surface area contributed by atoms with Crippen LogP contribution in [0.15, 0.2) is 62.7 Å². The molecule has 0 aliphatic heterocycles. The number of aryl methyl sites for hydroxylation is 1. The van der Waals surface area contributed by atoms with Crippen LogP contribution < -0.4 is 21.9 Å². The summed E-state index contributed by atoms with van der Waals surface area (Å²) in [6, 6.07) is 12.9. The highest BCUT2D eigenvalue weighted by Gasteiger charge is 2.24. The molecule has 0 aliphatic carbocycles. The van der Waals surface area contributed by atoms with Crippen LogP contribution in [0.2, 0.25) is 0 Å². The molecule has 2 heterocycles. The number of hydrogen-bond acceptors (Lipinski definition) is 5. The SMILES string of the molecule is CCCCn1c(N)c(N(Cc2ccccc2)C(=O)CCc2ccco2)c(=O)[nH]c1=O. The second kappa shape index (κ2) is 9.78. The fourth-order valence-electron chi connectivity index (χ4n) is 3.25. The van der Waals surface area contributed by atoms with Crippen molar-refractivity contribution in [2.75, 3.05) is 10.6 Å². The Morgan fingerprint density at radius 1 is 1.17 bits per heavy atom. The van der Waals surface area contributed by atoms with Crippen LogP contribution in [0.1, 0.15) is 37.5 Å². The Kier molecular flexibility index (Phi) is 6.90. The third kappa shape index (κ3) is 4.89. The van der Waals surface area contributed by atoms with E-state index in [9.17, 15) is 14.4 Å². The maximum absolute atomic E-state index is 13.1. The molecule has 30 heavy (non-hydrogen) atoms. The Morgan fingerprint density at radius 2 is 1.93 bits per heavy atom. The van der Waals surface area contributed by atoms with Crippen LogP contribution >= 0.6 is 0 Å². The number of amides is 1. The molecule has 1 aromatic carbocycles. The van der Waals surface area contributed by atoms with Crippen molar-refractivity contribution in [3.05, 3.63) is 80.9 Å². The highest BCUT2D eigenvalue weighted by atomic mass is 16.3. The molecule has 0 saturated heterocycles. The average molecular weight is 410 g/mol. The molecule has 2 aromatic heterocycles. The fourth-order valence-corrected chi connectivity index (χ4v) is 3.25. The summed E-state index contributed by atoms with van der Waals surface area (Å²) >= 11 is 0. The zero-order chi connectivity index (χ0) is 21.5. The summed E-state index contributed by atoms with van der Waals surface area (Å²) in [7, 11) is 0. The standard InChI is InChI=1S/C22H26N4O4/c1-2-3-13-25-20(23)19(21(28)24-22(25)29)26(15-16-8-5-4-6-9-16)18(27)12-11-17-10-7-14-30-17/h4-10,14H,2-3,11-13,15,23H2,1H3,(H,24,28,29). The van der Waals surface area contributed by atoms with E-state index >= 15 is 0 Å². The number of aromatic amines is 1. The first kappa shape index (κ1) is 21.2. The predicted molar refractivity (Wildman–Crippen MR) is 115 cm³/mol. The predicted octanol–water partition coefficient (Wildman–Crippen LogP) is 2.68. The molecule has 8 heteroatoms. The Bertz CT molecular complexity index is 1080. The Balaban J connectivity index is 1.99. The van der Waals surface area contributed by atoms with Gasteiger partial charge in [0.05, 0.1) is 12.8 Å². The maximum Gasteiger partial charge on any atom is 0.330 e. The lowest BCUT2D eigenvalue weighted by atomic mass is 10.1. The van der Waals surface area contributed by atoms with Crippen molar-refractivity contribution in [1.29, 1.82) is 0 Å². The van der Waals surface area contributed by atoms with Crippen molar-refractivity contribution in [3.8, 4) is 0 Å². The minimum atomic E-state index is -0.674. The van der Waals surface area contributed by atoms with Crippen LogP contribution in [0.5, 0.6) is 0 Å². The van der Waals surface area contributed by atoms with E-state index in [1.165, 1.54) is 9.47 Å². The van der Waals surface area contributed by atoms with Gasteiger partial charge in [-0.2, -0.15) is 0 Å². The molecule has 0 atom stereocenters. The lowest BCUT2D eigenvalue weighted by Crippen LogP contribution is -2.41. The van der Waals surface area contributed by atoms with Crippen molar-refractivity contribution >= 4 is 17.4 Å². The lowest BCUT2D eigenvalue weighted by Gasteiger charge is -2.24. The minimum Gasteiger partial charge on any atom is -0.469 e. The first-order chi connectivity index (χ1) is 14.5. The number of furan rings is 1. The zero-order valence-electron chi connectivity index (χ0n) is 17.0. The maximum atomic E-state index is 13.1. The third-order valence-electron chi connectivity index (χ3n) is 4.87. The normalized spacial score (nSPS) is 10.8. The molecule has 0 bridgehead atoms. The highest BCUT2D eigenvalue weighted by molar-refractivity contribution is 5.95. The van der Waals surface area contributed by atoms with E-state index < -0.39 is 11.2 Å². The Morgan fingerprint density at radius 3 is 2.60 bits per heavy atom. The van der Waals surface area contributed by atoms with Crippen molar-refractivity contribution in [2.45, 2.75) is 45.7 Å². The fraction of sp³-hybridized carbons (Fsp3) is 0.318. The van der Waals surface area contributed by atoms with Gasteiger partial charge < -0.3 is 15.1 Å². The van der Waals surface area contributed by atoms with Crippen molar-refractivity contribution < 1.29 is 9.21 Å². The molecule has 0 spiro atoms. The molecule has 1 amide bonds. The molecule has 3 N–H and O–H groups in total. The van der Waals surface area contributed by atoms with Crippen LogP contribution in [0.25, 0.3) is 0 Å². The largest absolute Gasteiger partial charge is 0.469 e. The van der Waals surface area contributed by atoms with Crippen LogP contribution in [0.3, 0.4) is 0 Å². The monoisotopic (exact) mass is 410 g/mol.